The molecule has 0 aromatic heterocycles. The summed E-state index contributed by atoms with van der Waals surface area (Å²) >= 11 is 0. The Kier molecular flexibility index (Phi) is 18.0. The molecule has 2 heteroatoms. The third kappa shape index (κ3) is 17.5. The van der Waals surface area contributed by atoms with E-state index >= 15 is 0 Å². The Balaban J connectivity index is 3.11. The normalized spacial score (nSPS) is 12.1. The van der Waals surface area contributed by atoms with Crippen LogP contribution in [-0.2, 0) is 4.79 Å². The van der Waals surface area contributed by atoms with Crippen molar-refractivity contribution in [2.45, 2.75) is 116 Å². The van der Waals surface area contributed by atoms with E-state index in [0.717, 1.165) is 25.7 Å². The van der Waals surface area contributed by atoms with Gasteiger partial charge >= 0.3 is 0 Å². The first kappa shape index (κ1) is 21.4. The van der Waals surface area contributed by atoms with Crippen molar-refractivity contribution in [2.75, 3.05) is 0 Å². The number of rotatable bonds is 17. The summed E-state index contributed by atoms with van der Waals surface area (Å²) < 4.78 is 0. The van der Waals surface area contributed by atoms with Crippen molar-refractivity contribution in [3.05, 3.63) is 6.08 Å². The highest BCUT2D eigenvalue weighted by molar-refractivity contribution is 5.44. The van der Waals surface area contributed by atoms with E-state index < -0.39 is 0 Å². The number of carbonyl (C=O) groups excluding carboxylic acids is 1. The van der Waals surface area contributed by atoms with Gasteiger partial charge in [0.15, 0.2) is 0 Å². The molecule has 22 heavy (non-hydrogen) atoms. The average Bonchev–Trinajstić information content (AvgIpc) is 2.52. The van der Waals surface area contributed by atoms with Crippen molar-refractivity contribution < 1.29 is 9.90 Å². The predicted octanol–water partition coefficient (Wildman–Crippen LogP) is 6.00. The average molecular weight is 311 g/mol. The molecule has 0 aliphatic heterocycles. The van der Waals surface area contributed by atoms with E-state index in [4.69, 9.17) is 0 Å². The van der Waals surface area contributed by atoms with Gasteiger partial charge in [0.1, 0.15) is 5.94 Å². The molecule has 0 aromatic carbocycles. The Morgan fingerprint density at radius 1 is 0.773 bits per heavy atom. The molecule has 0 heterocycles. The zero-order valence-corrected chi connectivity index (χ0v) is 14.8. The van der Waals surface area contributed by atoms with Crippen LogP contribution >= 0.6 is 0 Å². The smallest absolute Gasteiger partial charge is 0.120 e. The summed E-state index contributed by atoms with van der Waals surface area (Å²) in [6, 6.07) is 0. The van der Waals surface area contributed by atoms with E-state index in [2.05, 4.69) is 6.92 Å². The number of allylic oxidation sites excluding steroid dienone is 1. The molecule has 1 unspecified atom stereocenters. The maximum Gasteiger partial charge on any atom is 0.120 e. The molecule has 0 bridgehead atoms. The lowest BCUT2D eigenvalue weighted by Crippen LogP contribution is -2.05. The van der Waals surface area contributed by atoms with Gasteiger partial charge in [0.2, 0.25) is 0 Å². The second-order valence-corrected chi connectivity index (χ2v) is 6.58. The zero-order chi connectivity index (χ0) is 16.3. The second kappa shape index (κ2) is 18.5. The maximum absolute atomic E-state index is 9.99. The van der Waals surface area contributed by atoms with Crippen molar-refractivity contribution in [1.29, 1.82) is 0 Å². The summed E-state index contributed by atoms with van der Waals surface area (Å²) in [6.07, 6.45) is 20.9. The second-order valence-electron chi connectivity index (χ2n) is 6.58. The van der Waals surface area contributed by atoms with E-state index in [1.54, 1.807) is 6.08 Å². The van der Waals surface area contributed by atoms with Crippen LogP contribution in [0.1, 0.15) is 110 Å². The van der Waals surface area contributed by atoms with E-state index in [1.165, 1.54) is 77.0 Å². The highest BCUT2D eigenvalue weighted by atomic mass is 16.3. The van der Waals surface area contributed by atoms with E-state index in [-0.39, 0.29) is 6.10 Å². The quantitative estimate of drug-likeness (QED) is 0.264. The van der Waals surface area contributed by atoms with Crippen LogP contribution in [0.5, 0.6) is 0 Å². The molecule has 0 aliphatic carbocycles. The summed E-state index contributed by atoms with van der Waals surface area (Å²) in [5.74, 6) is 1.83. The maximum atomic E-state index is 9.99. The Hall–Kier alpha value is -0.590. The van der Waals surface area contributed by atoms with E-state index in [1.807, 2.05) is 5.94 Å². The fraction of sp³-hybridized carbons (Fsp3) is 0.900. The van der Waals surface area contributed by atoms with Crippen molar-refractivity contribution in [1.82, 2.24) is 0 Å². The third-order valence-corrected chi connectivity index (χ3v) is 4.36. The van der Waals surface area contributed by atoms with Gasteiger partial charge in [0.25, 0.3) is 0 Å². The highest BCUT2D eigenvalue weighted by Gasteiger charge is 2.03. The first-order valence-corrected chi connectivity index (χ1v) is 9.68. The van der Waals surface area contributed by atoms with Crippen LogP contribution in [0.4, 0.5) is 0 Å². The first-order chi connectivity index (χ1) is 10.8. The largest absolute Gasteiger partial charge is 0.393 e. The summed E-state index contributed by atoms with van der Waals surface area (Å²) in [7, 11) is 0. The summed E-state index contributed by atoms with van der Waals surface area (Å²) in [5, 5.41) is 9.88. The van der Waals surface area contributed by atoms with Gasteiger partial charge in [-0.2, -0.15) is 0 Å². The van der Waals surface area contributed by atoms with Crippen molar-refractivity contribution in [3.63, 3.8) is 0 Å². The molecule has 1 atom stereocenters. The molecular formula is C20H38O2. The number of hydrogen-bond donors (Lipinski definition) is 1. The molecule has 0 aromatic rings. The van der Waals surface area contributed by atoms with E-state index in [0.29, 0.717) is 0 Å². The summed E-state index contributed by atoms with van der Waals surface area (Å²) in [4.78, 5) is 9.99. The SMILES string of the molecule is CCCCCCC(O)CCCCCCCCCCCC=C=O. The molecular weight excluding hydrogens is 272 g/mol. The van der Waals surface area contributed by atoms with Crippen LogP contribution in [0.25, 0.3) is 0 Å². The van der Waals surface area contributed by atoms with E-state index in [9.17, 15) is 9.90 Å². The highest BCUT2D eigenvalue weighted by Crippen LogP contribution is 2.14. The Morgan fingerprint density at radius 3 is 1.73 bits per heavy atom. The lowest BCUT2D eigenvalue weighted by atomic mass is 10.0. The molecule has 1 N–H and O–H groups in total. The number of unbranched alkanes of at least 4 members (excludes halogenated alkanes) is 12. The molecule has 0 aliphatic rings. The van der Waals surface area contributed by atoms with Crippen LogP contribution in [0.2, 0.25) is 0 Å². The minimum absolute atomic E-state index is 0.0581. The molecule has 130 valence electrons. The third-order valence-electron chi connectivity index (χ3n) is 4.36. The Morgan fingerprint density at radius 2 is 1.23 bits per heavy atom. The van der Waals surface area contributed by atoms with Gasteiger partial charge < -0.3 is 5.11 Å². The van der Waals surface area contributed by atoms with Gasteiger partial charge in [0.05, 0.1) is 6.10 Å². The van der Waals surface area contributed by atoms with Crippen LogP contribution in [0.15, 0.2) is 6.08 Å². The number of hydrogen-bond acceptors (Lipinski definition) is 2. The molecule has 0 spiro atoms. The van der Waals surface area contributed by atoms with Crippen LogP contribution in [0, 0.1) is 0 Å². The molecule has 0 saturated carbocycles. The van der Waals surface area contributed by atoms with Crippen LogP contribution < -0.4 is 0 Å². The first-order valence-electron chi connectivity index (χ1n) is 9.68. The fourth-order valence-electron chi connectivity index (χ4n) is 2.87. The molecule has 0 fully saturated rings. The van der Waals surface area contributed by atoms with Gasteiger partial charge in [-0.15, -0.1) is 0 Å². The number of aliphatic hydroxyl groups excluding tert-OH is 1. The predicted molar refractivity (Wildman–Crippen MR) is 95.8 cm³/mol. The topological polar surface area (TPSA) is 37.3 Å². The summed E-state index contributed by atoms with van der Waals surface area (Å²) in [6.45, 7) is 2.22. The van der Waals surface area contributed by atoms with Gasteiger partial charge in [-0.05, 0) is 31.8 Å². The van der Waals surface area contributed by atoms with Gasteiger partial charge in [-0.1, -0.05) is 84.0 Å². The summed E-state index contributed by atoms with van der Waals surface area (Å²) in [5.41, 5.74) is 0. The minimum atomic E-state index is -0.0581. The monoisotopic (exact) mass is 310 g/mol. The molecule has 2 nitrogen and oxygen atoms in total. The molecule has 0 radical (unpaired) electrons. The molecule has 0 rings (SSSR count). The lowest BCUT2D eigenvalue weighted by molar-refractivity contribution is 0.147. The standard InChI is InChI=1S/C20H38O2/c1-2-3-4-14-17-20(22)18-15-12-10-8-6-5-7-9-11-13-16-19-21/h16,20,22H,2-15,17-18H2,1H3. The van der Waals surface area contributed by atoms with Crippen LogP contribution in [0.3, 0.4) is 0 Å². The molecule has 0 amide bonds. The van der Waals surface area contributed by atoms with Gasteiger partial charge in [-0.25, -0.2) is 4.79 Å². The zero-order valence-electron chi connectivity index (χ0n) is 14.8. The van der Waals surface area contributed by atoms with Crippen molar-refractivity contribution in [3.8, 4) is 0 Å². The Bertz CT molecular complexity index is 256. The van der Waals surface area contributed by atoms with Crippen LogP contribution in [-0.4, -0.2) is 17.2 Å². The van der Waals surface area contributed by atoms with Gasteiger partial charge in [0, 0.05) is 0 Å². The molecule has 0 saturated heterocycles. The lowest BCUT2D eigenvalue weighted by Gasteiger charge is -2.10. The Labute approximate surface area is 138 Å². The van der Waals surface area contributed by atoms with Gasteiger partial charge in [-0.3, -0.25) is 0 Å². The number of aliphatic hydroxyl groups is 1. The minimum Gasteiger partial charge on any atom is -0.393 e. The fourth-order valence-corrected chi connectivity index (χ4v) is 2.87. The van der Waals surface area contributed by atoms with Crippen molar-refractivity contribution >= 4 is 5.94 Å². The van der Waals surface area contributed by atoms with Crippen molar-refractivity contribution in [2.24, 2.45) is 0 Å².